The molecule has 0 aliphatic heterocycles. The van der Waals surface area contributed by atoms with E-state index < -0.39 is 23.8 Å². The first-order chi connectivity index (χ1) is 12.3. The molecule has 1 aromatic carbocycles. The Balaban J connectivity index is 2.15. The summed E-state index contributed by atoms with van der Waals surface area (Å²) in [6, 6.07) is 6.95. The molecule has 2 amide bonds. The van der Waals surface area contributed by atoms with Gasteiger partial charge in [0.05, 0.1) is 6.26 Å². The number of furan rings is 1. The van der Waals surface area contributed by atoms with Crippen LogP contribution in [0.5, 0.6) is 0 Å². The van der Waals surface area contributed by atoms with Gasteiger partial charge in [0, 0.05) is 11.3 Å². The summed E-state index contributed by atoms with van der Waals surface area (Å²) in [6.07, 6.45) is 1.72. The minimum absolute atomic E-state index is 0.123. The summed E-state index contributed by atoms with van der Waals surface area (Å²) < 4.78 is 5.04. The highest BCUT2D eigenvalue weighted by molar-refractivity contribution is 6.04. The Morgan fingerprint density at radius 3 is 2.46 bits per heavy atom. The van der Waals surface area contributed by atoms with Crippen LogP contribution < -0.4 is 10.6 Å². The fourth-order valence-corrected chi connectivity index (χ4v) is 2.42. The summed E-state index contributed by atoms with van der Waals surface area (Å²) in [7, 11) is 0. The van der Waals surface area contributed by atoms with Crippen LogP contribution in [0.25, 0.3) is 0 Å². The van der Waals surface area contributed by atoms with E-state index in [1.807, 2.05) is 13.8 Å². The third-order valence-corrected chi connectivity index (χ3v) is 3.80. The molecule has 0 spiro atoms. The number of anilines is 1. The van der Waals surface area contributed by atoms with E-state index in [1.54, 1.807) is 25.1 Å². The van der Waals surface area contributed by atoms with Crippen LogP contribution in [0.2, 0.25) is 0 Å². The fourth-order valence-electron chi connectivity index (χ4n) is 2.42. The monoisotopic (exact) mass is 358 g/mol. The van der Waals surface area contributed by atoms with E-state index in [9.17, 15) is 19.5 Å². The molecule has 2 rings (SSSR count). The average molecular weight is 358 g/mol. The van der Waals surface area contributed by atoms with Crippen LogP contribution in [0, 0.1) is 12.8 Å². The van der Waals surface area contributed by atoms with Gasteiger partial charge in [-0.25, -0.2) is 4.79 Å². The molecule has 7 nitrogen and oxygen atoms in total. The second-order valence-corrected chi connectivity index (χ2v) is 6.45. The van der Waals surface area contributed by atoms with Gasteiger partial charge in [-0.2, -0.15) is 0 Å². The van der Waals surface area contributed by atoms with Crippen molar-refractivity contribution in [3.63, 3.8) is 0 Å². The smallest absolute Gasteiger partial charge is 0.326 e. The summed E-state index contributed by atoms with van der Waals surface area (Å²) in [6.45, 7) is 5.56. The van der Waals surface area contributed by atoms with E-state index in [0.717, 1.165) is 5.56 Å². The molecule has 138 valence electrons. The molecule has 3 N–H and O–H groups in total. The first-order valence-corrected chi connectivity index (χ1v) is 8.27. The Labute approximate surface area is 151 Å². The molecular formula is C19H22N2O5. The topological polar surface area (TPSA) is 109 Å². The maximum Gasteiger partial charge on any atom is 0.326 e. The molecule has 0 fully saturated rings. The van der Waals surface area contributed by atoms with Gasteiger partial charge in [0.2, 0.25) is 0 Å². The third kappa shape index (κ3) is 4.95. The maximum atomic E-state index is 12.4. The van der Waals surface area contributed by atoms with Gasteiger partial charge in [-0.15, -0.1) is 0 Å². The number of aliphatic carboxylic acids is 1. The molecule has 1 heterocycles. The molecule has 26 heavy (non-hydrogen) atoms. The van der Waals surface area contributed by atoms with Crippen LogP contribution in [-0.4, -0.2) is 28.9 Å². The van der Waals surface area contributed by atoms with Crippen molar-refractivity contribution in [2.45, 2.75) is 33.2 Å². The fraction of sp³-hybridized carbons (Fsp3) is 0.316. The second kappa shape index (κ2) is 8.33. The molecule has 1 atom stereocenters. The third-order valence-electron chi connectivity index (χ3n) is 3.80. The highest BCUT2D eigenvalue weighted by Gasteiger charge is 2.22. The van der Waals surface area contributed by atoms with Crippen molar-refractivity contribution in [2.75, 3.05) is 5.32 Å². The van der Waals surface area contributed by atoms with Crippen molar-refractivity contribution >= 4 is 23.5 Å². The van der Waals surface area contributed by atoms with Crippen LogP contribution in [0.15, 0.2) is 41.0 Å². The lowest BCUT2D eigenvalue weighted by Gasteiger charge is -2.17. The highest BCUT2D eigenvalue weighted by atomic mass is 16.4. The van der Waals surface area contributed by atoms with Gasteiger partial charge < -0.3 is 20.2 Å². The molecule has 0 unspecified atom stereocenters. The van der Waals surface area contributed by atoms with Crippen molar-refractivity contribution in [1.82, 2.24) is 5.32 Å². The number of carbonyl (C=O) groups is 3. The lowest BCUT2D eigenvalue weighted by Crippen LogP contribution is -2.41. The number of carboxylic acid groups (broad SMARTS) is 1. The van der Waals surface area contributed by atoms with Gasteiger partial charge in [-0.1, -0.05) is 19.9 Å². The van der Waals surface area contributed by atoms with Gasteiger partial charge >= 0.3 is 5.97 Å². The molecule has 0 radical (unpaired) electrons. The number of nitrogens with one attached hydrogen (secondary N) is 2. The predicted octanol–water partition coefficient (Wildman–Crippen LogP) is 3.07. The molecule has 0 saturated carbocycles. The normalized spacial score (nSPS) is 11.8. The quantitative estimate of drug-likeness (QED) is 0.705. The number of rotatable bonds is 7. The van der Waals surface area contributed by atoms with Gasteiger partial charge in [0.15, 0.2) is 5.76 Å². The molecule has 0 saturated heterocycles. The van der Waals surface area contributed by atoms with Gasteiger partial charge in [-0.05, 0) is 49.1 Å². The summed E-state index contributed by atoms with van der Waals surface area (Å²) in [5.41, 5.74) is 1.48. The summed E-state index contributed by atoms with van der Waals surface area (Å²) in [5.74, 6) is -1.74. The molecule has 1 aromatic heterocycles. The SMILES string of the molecule is Cc1ccc(C(=O)N[C@@H](CC(C)C)C(=O)O)cc1NC(=O)c1ccco1. The lowest BCUT2D eigenvalue weighted by molar-refractivity contribution is -0.139. The van der Waals surface area contributed by atoms with Crippen molar-refractivity contribution in [2.24, 2.45) is 5.92 Å². The van der Waals surface area contributed by atoms with Crippen LogP contribution >= 0.6 is 0 Å². The van der Waals surface area contributed by atoms with Crippen molar-refractivity contribution < 1.29 is 23.9 Å². The predicted molar refractivity (Wildman–Crippen MR) is 96.2 cm³/mol. The van der Waals surface area contributed by atoms with E-state index in [-0.39, 0.29) is 17.2 Å². The zero-order valence-corrected chi connectivity index (χ0v) is 14.9. The van der Waals surface area contributed by atoms with E-state index in [1.165, 1.54) is 18.4 Å². The van der Waals surface area contributed by atoms with Crippen molar-refractivity contribution in [3.8, 4) is 0 Å². The van der Waals surface area contributed by atoms with E-state index in [4.69, 9.17) is 4.42 Å². The first kappa shape index (κ1) is 19.2. The summed E-state index contributed by atoms with van der Waals surface area (Å²) >= 11 is 0. The van der Waals surface area contributed by atoms with Crippen LogP contribution in [0.4, 0.5) is 5.69 Å². The Kier molecular flexibility index (Phi) is 6.16. The molecular weight excluding hydrogens is 336 g/mol. The first-order valence-electron chi connectivity index (χ1n) is 8.27. The number of carboxylic acids is 1. The van der Waals surface area contributed by atoms with Gasteiger partial charge in [0.25, 0.3) is 11.8 Å². The largest absolute Gasteiger partial charge is 0.480 e. The Bertz CT molecular complexity index is 796. The molecule has 0 bridgehead atoms. The van der Waals surface area contributed by atoms with Crippen LogP contribution in [0.3, 0.4) is 0 Å². The molecule has 7 heteroatoms. The highest BCUT2D eigenvalue weighted by Crippen LogP contribution is 2.19. The van der Waals surface area contributed by atoms with Crippen molar-refractivity contribution in [1.29, 1.82) is 0 Å². The van der Waals surface area contributed by atoms with E-state index in [2.05, 4.69) is 10.6 Å². The minimum Gasteiger partial charge on any atom is -0.480 e. The number of amides is 2. The number of hydrogen-bond acceptors (Lipinski definition) is 4. The lowest BCUT2D eigenvalue weighted by atomic mass is 10.0. The molecule has 0 aliphatic rings. The molecule has 0 aliphatic carbocycles. The van der Waals surface area contributed by atoms with Crippen LogP contribution in [0.1, 0.15) is 46.7 Å². The Morgan fingerprint density at radius 1 is 1.15 bits per heavy atom. The number of benzene rings is 1. The second-order valence-electron chi connectivity index (χ2n) is 6.45. The van der Waals surface area contributed by atoms with E-state index >= 15 is 0 Å². The van der Waals surface area contributed by atoms with E-state index in [0.29, 0.717) is 12.1 Å². The average Bonchev–Trinajstić information content (AvgIpc) is 3.10. The minimum atomic E-state index is -1.08. The molecule has 2 aromatic rings. The van der Waals surface area contributed by atoms with Gasteiger partial charge in [-0.3, -0.25) is 9.59 Å². The number of aryl methyl sites for hydroxylation is 1. The number of hydrogen-bond donors (Lipinski definition) is 3. The van der Waals surface area contributed by atoms with Gasteiger partial charge in [0.1, 0.15) is 6.04 Å². The Hall–Kier alpha value is -3.09. The zero-order chi connectivity index (χ0) is 19.3. The Morgan fingerprint density at radius 2 is 1.88 bits per heavy atom. The zero-order valence-electron chi connectivity index (χ0n) is 14.9. The summed E-state index contributed by atoms with van der Waals surface area (Å²) in [4.78, 5) is 35.8. The van der Waals surface area contributed by atoms with Crippen LogP contribution in [-0.2, 0) is 4.79 Å². The maximum absolute atomic E-state index is 12.4. The van der Waals surface area contributed by atoms with Crippen molar-refractivity contribution in [3.05, 3.63) is 53.5 Å². The summed E-state index contributed by atoms with van der Waals surface area (Å²) in [5, 5.41) is 14.5. The standard InChI is InChI=1S/C19H22N2O5/c1-11(2)9-15(19(24)25)21-17(22)13-7-6-12(3)14(10-13)20-18(23)16-5-4-8-26-16/h4-8,10-11,15H,9H2,1-3H3,(H,20,23)(H,21,22)(H,24,25)/t15-/m0/s1. The number of carbonyl (C=O) groups excluding carboxylic acids is 2.